The molecule has 3 heteroatoms. The number of fused-ring (bicyclic) bond motifs is 1. The first-order valence-electron chi connectivity index (χ1n) is 5.34. The topological polar surface area (TPSA) is 38.9 Å². The summed E-state index contributed by atoms with van der Waals surface area (Å²) in [7, 11) is 0. The molecule has 0 saturated heterocycles. The first-order valence-corrected chi connectivity index (χ1v) is 6.11. The van der Waals surface area contributed by atoms with Crippen molar-refractivity contribution in [1.29, 1.82) is 0 Å². The third-order valence-electron chi connectivity index (χ3n) is 2.82. The number of aromatic nitrogens is 1. The SMILES string of the molecule is CCC(c1snc2ccccc12)C(C)N. The van der Waals surface area contributed by atoms with Gasteiger partial charge in [-0.3, -0.25) is 0 Å². The van der Waals surface area contributed by atoms with Crippen LogP contribution in [0.1, 0.15) is 31.1 Å². The lowest BCUT2D eigenvalue weighted by atomic mass is 9.95. The lowest BCUT2D eigenvalue weighted by molar-refractivity contribution is 0.563. The van der Waals surface area contributed by atoms with Gasteiger partial charge < -0.3 is 5.73 Å². The van der Waals surface area contributed by atoms with Crippen LogP contribution in [0.15, 0.2) is 24.3 Å². The highest BCUT2D eigenvalue weighted by Gasteiger charge is 2.18. The molecule has 80 valence electrons. The average molecular weight is 220 g/mol. The standard InChI is InChI=1S/C12H16N2S/c1-3-9(8(2)13)12-10-6-4-5-7-11(10)14-15-12/h4-9H,3,13H2,1-2H3. The van der Waals surface area contributed by atoms with Gasteiger partial charge in [-0.1, -0.05) is 25.1 Å². The van der Waals surface area contributed by atoms with Gasteiger partial charge in [0, 0.05) is 22.2 Å². The Morgan fingerprint density at radius 1 is 1.40 bits per heavy atom. The van der Waals surface area contributed by atoms with Crippen LogP contribution in [0.4, 0.5) is 0 Å². The third-order valence-corrected chi connectivity index (χ3v) is 3.83. The Balaban J connectivity index is 2.51. The van der Waals surface area contributed by atoms with Gasteiger partial charge in [-0.25, -0.2) is 0 Å². The van der Waals surface area contributed by atoms with Gasteiger partial charge in [0.05, 0.1) is 5.52 Å². The molecule has 0 aliphatic carbocycles. The lowest BCUT2D eigenvalue weighted by Crippen LogP contribution is -2.23. The van der Waals surface area contributed by atoms with Crippen molar-refractivity contribution < 1.29 is 0 Å². The van der Waals surface area contributed by atoms with Crippen molar-refractivity contribution in [2.24, 2.45) is 5.73 Å². The van der Waals surface area contributed by atoms with Crippen LogP contribution in [0.3, 0.4) is 0 Å². The fourth-order valence-corrected chi connectivity index (χ4v) is 3.12. The Labute approximate surface area is 94.3 Å². The monoisotopic (exact) mass is 220 g/mol. The molecule has 1 aromatic heterocycles. The maximum Gasteiger partial charge on any atom is 0.0843 e. The molecule has 2 atom stereocenters. The van der Waals surface area contributed by atoms with Gasteiger partial charge in [-0.15, -0.1) is 0 Å². The van der Waals surface area contributed by atoms with E-state index in [0.717, 1.165) is 11.9 Å². The largest absolute Gasteiger partial charge is 0.327 e. The molecule has 2 N–H and O–H groups in total. The quantitative estimate of drug-likeness (QED) is 0.863. The molecule has 1 heterocycles. The molecule has 15 heavy (non-hydrogen) atoms. The summed E-state index contributed by atoms with van der Waals surface area (Å²) in [5.74, 6) is 0.433. The molecule has 0 saturated carbocycles. The molecular formula is C12H16N2S. The van der Waals surface area contributed by atoms with Gasteiger partial charge in [-0.05, 0) is 30.9 Å². The molecule has 0 aliphatic heterocycles. The zero-order valence-corrected chi connectivity index (χ0v) is 9.92. The van der Waals surface area contributed by atoms with E-state index in [1.807, 2.05) is 6.07 Å². The Kier molecular flexibility index (Phi) is 3.03. The Hall–Kier alpha value is -0.930. The molecule has 0 radical (unpaired) electrons. The van der Waals surface area contributed by atoms with Crippen LogP contribution in [0.5, 0.6) is 0 Å². The van der Waals surface area contributed by atoms with Crippen LogP contribution in [-0.2, 0) is 0 Å². The minimum absolute atomic E-state index is 0.193. The lowest BCUT2D eigenvalue weighted by Gasteiger charge is -2.17. The Morgan fingerprint density at radius 3 is 2.80 bits per heavy atom. The van der Waals surface area contributed by atoms with Crippen molar-refractivity contribution in [1.82, 2.24) is 4.37 Å². The molecular weight excluding hydrogens is 204 g/mol. The Morgan fingerprint density at radius 2 is 2.13 bits per heavy atom. The van der Waals surface area contributed by atoms with E-state index in [1.165, 1.54) is 10.3 Å². The van der Waals surface area contributed by atoms with Crippen LogP contribution >= 0.6 is 11.5 Å². The van der Waals surface area contributed by atoms with Crippen molar-refractivity contribution in [3.05, 3.63) is 29.1 Å². The average Bonchev–Trinajstić information content (AvgIpc) is 2.63. The first-order chi connectivity index (χ1) is 7.24. The number of benzene rings is 1. The van der Waals surface area contributed by atoms with Crippen LogP contribution in [0, 0.1) is 0 Å². The second kappa shape index (κ2) is 4.29. The van der Waals surface area contributed by atoms with Crippen molar-refractivity contribution in [2.45, 2.75) is 32.2 Å². The van der Waals surface area contributed by atoms with Gasteiger partial charge in [0.15, 0.2) is 0 Å². The molecule has 2 aromatic rings. The fraction of sp³-hybridized carbons (Fsp3) is 0.417. The molecule has 2 nitrogen and oxygen atoms in total. The minimum atomic E-state index is 0.193. The summed E-state index contributed by atoms with van der Waals surface area (Å²) >= 11 is 1.59. The van der Waals surface area contributed by atoms with Crippen LogP contribution in [0.25, 0.3) is 10.9 Å². The van der Waals surface area contributed by atoms with E-state index in [-0.39, 0.29) is 6.04 Å². The zero-order valence-electron chi connectivity index (χ0n) is 9.10. The second-order valence-electron chi connectivity index (χ2n) is 3.94. The van der Waals surface area contributed by atoms with Crippen molar-refractivity contribution in [3.63, 3.8) is 0 Å². The molecule has 0 amide bonds. The predicted octanol–water partition coefficient (Wildman–Crippen LogP) is 3.14. The van der Waals surface area contributed by atoms with Crippen molar-refractivity contribution in [2.75, 3.05) is 0 Å². The normalized spacial score (nSPS) is 15.4. The van der Waals surface area contributed by atoms with E-state index in [9.17, 15) is 0 Å². The number of hydrogen-bond acceptors (Lipinski definition) is 3. The fourth-order valence-electron chi connectivity index (χ4n) is 1.97. The van der Waals surface area contributed by atoms with Crippen LogP contribution in [-0.4, -0.2) is 10.4 Å². The van der Waals surface area contributed by atoms with Gasteiger partial charge in [0.2, 0.25) is 0 Å². The summed E-state index contributed by atoms with van der Waals surface area (Å²) < 4.78 is 4.46. The van der Waals surface area contributed by atoms with Crippen LogP contribution < -0.4 is 5.73 Å². The van der Waals surface area contributed by atoms with Crippen LogP contribution in [0.2, 0.25) is 0 Å². The summed E-state index contributed by atoms with van der Waals surface area (Å²) in [6.07, 6.45) is 1.07. The van der Waals surface area contributed by atoms with Gasteiger partial charge >= 0.3 is 0 Å². The molecule has 1 aromatic carbocycles. The van der Waals surface area contributed by atoms with Gasteiger partial charge in [0.25, 0.3) is 0 Å². The molecule has 2 rings (SSSR count). The first kappa shape index (κ1) is 10.6. The summed E-state index contributed by atoms with van der Waals surface area (Å²) in [6.45, 7) is 4.26. The maximum absolute atomic E-state index is 6.01. The van der Waals surface area contributed by atoms with E-state index < -0.39 is 0 Å². The summed E-state index contributed by atoms with van der Waals surface area (Å²) in [4.78, 5) is 1.34. The second-order valence-corrected chi connectivity index (χ2v) is 4.74. The summed E-state index contributed by atoms with van der Waals surface area (Å²) in [6, 6.07) is 8.48. The van der Waals surface area contributed by atoms with Crippen molar-refractivity contribution >= 4 is 22.4 Å². The van der Waals surface area contributed by atoms with Gasteiger partial charge in [0.1, 0.15) is 0 Å². The molecule has 2 unspecified atom stereocenters. The smallest absolute Gasteiger partial charge is 0.0843 e. The van der Waals surface area contributed by atoms with E-state index in [0.29, 0.717) is 5.92 Å². The maximum atomic E-state index is 6.01. The number of nitrogens with zero attached hydrogens (tertiary/aromatic N) is 1. The number of rotatable bonds is 3. The van der Waals surface area contributed by atoms with E-state index in [2.05, 4.69) is 36.4 Å². The summed E-state index contributed by atoms with van der Waals surface area (Å²) in [5.41, 5.74) is 7.10. The Bertz CT molecular complexity index is 448. The molecule has 0 bridgehead atoms. The number of hydrogen-bond donors (Lipinski definition) is 1. The minimum Gasteiger partial charge on any atom is -0.327 e. The van der Waals surface area contributed by atoms with E-state index in [4.69, 9.17) is 5.73 Å². The molecule has 0 aliphatic rings. The zero-order chi connectivity index (χ0) is 10.8. The highest BCUT2D eigenvalue weighted by molar-refractivity contribution is 7.07. The predicted molar refractivity (Wildman–Crippen MR) is 66.3 cm³/mol. The van der Waals surface area contributed by atoms with Crippen molar-refractivity contribution in [3.8, 4) is 0 Å². The summed E-state index contributed by atoms with van der Waals surface area (Å²) in [5, 5.41) is 1.27. The highest BCUT2D eigenvalue weighted by atomic mass is 32.1. The highest BCUT2D eigenvalue weighted by Crippen LogP contribution is 2.32. The molecule has 0 fully saturated rings. The van der Waals surface area contributed by atoms with E-state index >= 15 is 0 Å². The number of nitrogens with two attached hydrogens (primary N) is 1. The van der Waals surface area contributed by atoms with E-state index in [1.54, 1.807) is 11.5 Å². The third kappa shape index (κ3) is 1.90. The van der Waals surface area contributed by atoms with Gasteiger partial charge in [-0.2, -0.15) is 4.37 Å². The molecule has 0 spiro atoms.